The van der Waals surface area contributed by atoms with Gasteiger partial charge in [-0.25, -0.2) is 4.98 Å². The number of amides is 1. The summed E-state index contributed by atoms with van der Waals surface area (Å²) in [4.78, 5) is 34.6. The van der Waals surface area contributed by atoms with E-state index in [1.165, 1.54) is 11.3 Å². The Morgan fingerprint density at radius 3 is 2.47 bits per heavy atom. The number of aliphatic hydroxyl groups excluding tert-OH is 1. The van der Waals surface area contributed by atoms with Gasteiger partial charge in [-0.05, 0) is 52.6 Å². The highest BCUT2D eigenvalue weighted by molar-refractivity contribution is 7.14. The molecule has 160 valence electrons. The summed E-state index contributed by atoms with van der Waals surface area (Å²) in [6, 6.07) is 6.63. The van der Waals surface area contributed by atoms with Gasteiger partial charge < -0.3 is 19.6 Å². The molecule has 0 bridgehead atoms. The van der Waals surface area contributed by atoms with Crippen LogP contribution in [0.15, 0.2) is 35.6 Å². The lowest BCUT2D eigenvalue weighted by Gasteiger charge is -2.28. The number of rotatable bonds is 8. The molecular weight excluding hydrogens is 402 g/mol. The van der Waals surface area contributed by atoms with E-state index in [1.54, 1.807) is 11.8 Å². The zero-order valence-corrected chi connectivity index (χ0v) is 18.7. The van der Waals surface area contributed by atoms with Crippen LogP contribution in [0.2, 0.25) is 0 Å². The van der Waals surface area contributed by atoms with Crippen molar-refractivity contribution < 1.29 is 19.4 Å². The maximum atomic E-state index is 13.4. The Morgan fingerprint density at radius 1 is 1.27 bits per heavy atom. The van der Waals surface area contributed by atoms with Gasteiger partial charge in [-0.1, -0.05) is 12.1 Å². The molecule has 1 aromatic carbocycles. The number of carbonyl (C=O) groups is 2. The van der Waals surface area contributed by atoms with Gasteiger partial charge in [-0.2, -0.15) is 0 Å². The Hall–Kier alpha value is -2.71. The molecule has 1 amide bonds. The zero-order chi connectivity index (χ0) is 22.0. The standard InChI is InChI=1S/C22H27N3O4S/c1-6-29-16-9-7-15(8-10-16)18-17(19(26)21-13(2)23-14(3)30-21)20(27)22(28)25(18)12-11-24(4)5/h7-10,18,27H,6,11-12H2,1-5H3/t18-/m0/s1. The Morgan fingerprint density at radius 2 is 1.93 bits per heavy atom. The van der Waals surface area contributed by atoms with Crippen LogP contribution in [-0.4, -0.2) is 65.4 Å². The Balaban J connectivity index is 2.05. The molecular formula is C22H27N3O4S. The number of likely N-dealkylation sites (N-methyl/N-ethyl adjacent to an activating group) is 1. The molecule has 7 nitrogen and oxygen atoms in total. The second-order valence-corrected chi connectivity index (χ2v) is 8.65. The average molecular weight is 430 g/mol. The summed E-state index contributed by atoms with van der Waals surface area (Å²) in [5, 5.41) is 11.5. The quantitative estimate of drug-likeness (QED) is 0.649. The lowest BCUT2D eigenvalue weighted by atomic mass is 9.95. The monoisotopic (exact) mass is 429 g/mol. The minimum Gasteiger partial charge on any atom is -0.503 e. The fourth-order valence-electron chi connectivity index (χ4n) is 3.55. The van der Waals surface area contributed by atoms with Gasteiger partial charge in [0.05, 0.1) is 33.8 Å². The largest absolute Gasteiger partial charge is 0.503 e. The summed E-state index contributed by atoms with van der Waals surface area (Å²) in [5.74, 6) is -0.656. The minimum absolute atomic E-state index is 0.106. The molecule has 3 rings (SSSR count). The molecule has 1 aromatic heterocycles. The molecule has 0 aliphatic carbocycles. The van der Waals surface area contributed by atoms with E-state index < -0.39 is 17.7 Å². The third-order valence-corrected chi connectivity index (χ3v) is 6.02. The summed E-state index contributed by atoms with van der Waals surface area (Å²) in [6.45, 7) is 7.03. The van der Waals surface area contributed by atoms with Gasteiger partial charge in [0.25, 0.3) is 5.91 Å². The minimum atomic E-state index is -0.664. The molecule has 0 saturated heterocycles. The van der Waals surface area contributed by atoms with Gasteiger partial charge in [0, 0.05) is 13.1 Å². The van der Waals surface area contributed by atoms with Crippen LogP contribution in [0.4, 0.5) is 0 Å². The highest BCUT2D eigenvalue weighted by Gasteiger charge is 2.44. The predicted molar refractivity (Wildman–Crippen MR) is 116 cm³/mol. The number of hydrogen-bond acceptors (Lipinski definition) is 7. The number of ketones is 1. The van der Waals surface area contributed by atoms with Gasteiger partial charge in [0.2, 0.25) is 5.78 Å². The molecule has 0 fully saturated rings. The van der Waals surface area contributed by atoms with Crippen molar-refractivity contribution in [3.8, 4) is 5.75 Å². The van der Waals surface area contributed by atoms with Crippen LogP contribution >= 0.6 is 11.3 Å². The van der Waals surface area contributed by atoms with Gasteiger partial charge in [-0.3, -0.25) is 9.59 Å². The lowest BCUT2D eigenvalue weighted by Crippen LogP contribution is -2.36. The van der Waals surface area contributed by atoms with Crippen LogP contribution in [0, 0.1) is 13.8 Å². The second kappa shape index (κ2) is 8.97. The second-order valence-electron chi connectivity index (χ2n) is 7.45. The van der Waals surface area contributed by atoms with Crippen molar-refractivity contribution in [2.45, 2.75) is 26.8 Å². The first-order valence-electron chi connectivity index (χ1n) is 9.84. The van der Waals surface area contributed by atoms with E-state index in [-0.39, 0.29) is 11.4 Å². The molecule has 30 heavy (non-hydrogen) atoms. The fourth-order valence-corrected chi connectivity index (χ4v) is 4.42. The van der Waals surface area contributed by atoms with Crippen molar-refractivity contribution in [3.63, 3.8) is 0 Å². The number of benzene rings is 1. The summed E-state index contributed by atoms with van der Waals surface area (Å²) in [6.07, 6.45) is 0. The Labute approximate surface area is 180 Å². The predicted octanol–water partition coefficient (Wildman–Crippen LogP) is 3.30. The fraction of sp³-hybridized carbons (Fsp3) is 0.409. The van der Waals surface area contributed by atoms with E-state index in [0.717, 1.165) is 10.6 Å². The third-order valence-electron chi connectivity index (χ3n) is 4.95. The highest BCUT2D eigenvalue weighted by Crippen LogP contribution is 2.40. The number of ether oxygens (including phenoxy) is 1. The smallest absolute Gasteiger partial charge is 0.290 e. The first kappa shape index (κ1) is 22.0. The van der Waals surface area contributed by atoms with Gasteiger partial charge >= 0.3 is 0 Å². The lowest BCUT2D eigenvalue weighted by molar-refractivity contribution is -0.129. The third kappa shape index (κ3) is 4.24. The van der Waals surface area contributed by atoms with Crippen molar-refractivity contribution >= 4 is 23.0 Å². The normalized spacial score (nSPS) is 16.7. The maximum Gasteiger partial charge on any atom is 0.290 e. The molecule has 1 aliphatic rings. The van der Waals surface area contributed by atoms with E-state index in [2.05, 4.69) is 4.98 Å². The molecule has 2 aromatic rings. The van der Waals surface area contributed by atoms with Gasteiger partial charge in [-0.15, -0.1) is 11.3 Å². The van der Waals surface area contributed by atoms with Crippen molar-refractivity contribution in [3.05, 3.63) is 56.7 Å². The van der Waals surface area contributed by atoms with Crippen LogP contribution in [0.25, 0.3) is 0 Å². The van der Waals surface area contributed by atoms with Crippen LogP contribution in [0.3, 0.4) is 0 Å². The number of aliphatic hydroxyl groups is 1. The molecule has 1 aliphatic heterocycles. The SMILES string of the molecule is CCOc1ccc([C@H]2C(C(=O)c3sc(C)nc3C)=C(O)C(=O)N2CCN(C)C)cc1. The molecule has 0 saturated carbocycles. The molecule has 8 heteroatoms. The topological polar surface area (TPSA) is 83.0 Å². The van der Waals surface area contributed by atoms with Crippen molar-refractivity contribution in [1.82, 2.24) is 14.8 Å². The Bertz CT molecular complexity index is 979. The van der Waals surface area contributed by atoms with Crippen molar-refractivity contribution in [1.29, 1.82) is 0 Å². The highest BCUT2D eigenvalue weighted by atomic mass is 32.1. The maximum absolute atomic E-state index is 13.4. The average Bonchev–Trinajstić information content (AvgIpc) is 3.16. The van der Waals surface area contributed by atoms with Crippen molar-refractivity contribution in [2.24, 2.45) is 0 Å². The molecule has 0 unspecified atom stereocenters. The Kier molecular flexibility index (Phi) is 6.58. The van der Waals surface area contributed by atoms with Gasteiger partial charge in [0.1, 0.15) is 5.75 Å². The van der Waals surface area contributed by atoms with E-state index in [0.29, 0.717) is 36.0 Å². The molecule has 2 heterocycles. The number of Topliss-reactive ketones (excluding diaryl/α,β-unsaturated/α-hetero) is 1. The zero-order valence-electron chi connectivity index (χ0n) is 17.9. The van der Waals surface area contributed by atoms with Gasteiger partial charge in [0.15, 0.2) is 5.76 Å². The van der Waals surface area contributed by atoms with E-state index in [9.17, 15) is 14.7 Å². The molecule has 1 N–H and O–H groups in total. The number of aryl methyl sites for hydroxylation is 2. The van der Waals surface area contributed by atoms with Crippen LogP contribution in [0.5, 0.6) is 5.75 Å². The number of carbonyl (C=O) groups excluding carboxylic acids is 2. The first-order chi connectivity index (χ1) is 14.2. The molecule has 0 radical (unpaired) electrons. The summed E-state index contributed by atoms with van der Waals surface area (Å²) in [7, 11) is 3.82. The number of thiazole rings is 1. The van der Waals surface area contributed by atoms with Crippen LogP contribution in [-0.2, 0) is 4.79 Å². The number of aromatic nitrogens is 1. The summed E-state index contributed by atoms with van der Waals surface area (Å²) in [5.41, 5.74) is 1.46. The molecule has 0 spiro atoms. The van der Waals surface area contributed by atoms with E-state index >= 15 is 0 Å². The summed E-state index contributed by atoms with van der Waals surface area (Å²) >= 11 is 1.27. The van der Waals surface area contributed by atoms with Crippen LogP contribution < -0.4 is 4.74 Å². The van der Waals surface area contributed by atoms with E-state index in [1.807, 2.05) is 57.1 Å². The van der Waals surface area contributed by atoms with E-state index in [4.69, 9.17) is 4.74 Å². The van der Waals surface area contributed by atoms with Crippen LogP contribution in [0.1, 0.15) is 38.9 Å². The first-order valence-corrected chi connectivity index (χ1v) is 10.7. The summed E-state index contributed by atoms with van der Waals surface area (Å²) < 4.78 is 5.51. The van der Waals surface area contributed by atoms with Crippen molar-refractivity contribution in [2.75, 3.05) is 33.8 Å². The number of nitrogens with zero attached hydrogens (tertiary/aromatic N) is 3. The number of hydrogen-bond donors (Lipinski definition) is 1. The molecule has 1 atom stereocenters.